The molecule has 2 N–H and O–H groups in total. The number of nitrogens with zero attached hydrogens (tertiary/aromatic N) is 1. The van der Waals surface area contributed by atoms with Gasteiger partial charge in [0.05, 0.1) is 29.5 Å². The summed E-state index contributed by atoms with van der Waals surface area (Å²) >= 11 is 0. The van der Waals surface area contributed by atoms with Gasteiger partial charge < -0.3 is 15.4 Å². The molecule has 8 heteroatoms. The molecule has 0 atom stereocenters. The first-order chi connectivity index (χ1) is 13.4. The molecule has 0 unspecified atom stereocenters. The summed E-state index contributed by atoms with van der Waals surface area (Å²) in [7, 11) is -3.61. The summed E-state index contributed by atoms with van der Waals surface area (Å²) in [5.74, 6) is 0.415. The summed E-state index contributed by atoms with van der Waals surface area (Å²) in [4.78, 5) is 12.9. The average molecular weight is 410 g/mol. The summed E-state index contributed by atoms with van der Waals surface area (Å²) in [5, 5.41) is 6.31. The highest BCUT2D eigenvalue weighted by Gasteiger charge is 2.28. The number of nitrogens with one attached hydrogen (secondary N) is 2. The van der Waals surface area contributed by atoms with Crippen molar-refractivity contribution in [1.82, 2.24) is 4.31 Å². The van der Waals surface area contributed by atoms with Gasteiger partial charge in [0.1, 0.15) is 0 Å². The molecule has 0 radical (unpaired) electrons. The van der Waals surface area contributed by atoms with Crippen LogP contribution in [0.5, 0.6) is 0 Å². The molecule has 0 aromatic heterocycles. The highest BCUT2D eigenvalue weighted by atomic mass is 32.2. The molecule has 2 aliphatic rings. The molecule has 1 saturated carbocycles. The van der Waals surface area contributed by atoms with Gasteiger partial charge in [-0.05, 0) is 37.0 Å². The molecule has 1 aromatic carbocycles. The second-order valence-electron chi connectivity index (χ2n) is 7.97. The summed E-state index contributed by atoms with van der Waals surface area (Å²) in [6, 6.07) is 4.94. The number of hydrogen-bond donors (Lipinski definition) is 2. The lowest BCUT2D eigenvalue weighted by Gasteiger charge is -2.26. The minimum Gasteiger partial charge on any atom is -0.383 e. The summed E-state index contributed by atoms with van der Waals surface area (Å²) in [5.41, 5.74) is 1.29. The number of amides is 1. The lowest BCUT2D eigenvalue weighted by atomic mass is 10.1. The molecular formula is C20H31N3O4S. The van der Waals surface area contributed by atoms with Gasteiger partial charge in [-0.15, -0.1) is 0 Å². The Labute approximate surface area is 167 Å². The molecule has 0 bridgehead atoms. The van der Waals surface area contributed by atoms with E-state index in [-0.39, 0.29) is 16.7 Å². The number of ether oxygens (including phenoxy) is 1. The molecule has 1 aliphatic heterocycles. The van der Waals surface area contributed by atoms with E-state index in [9.17, 15) is 13.2 Å². The predicted molar refractivity (Wildman–Crippen MR) is 110 cm³/mol. The third-order valence-electron chi connectivity index (χ3n) is 5.28. The number of hydrogen-bond acceptors (Lipinski definition) is 5. The molecule has 156 valence electrons. The minimum absolute atomic E-state index is 0.0115. The van der Waals surface area contributed by atoms with Gasteiger partial charge in [-0.25, -0.2) is 8.42 Å². The molecule has 2 fully saturated rings. The van der Waals surface area contributed by atoms with Crippen LogP contribution in [-0.2, 0) is 19.6 Å². The smallest absolute Gasteiger partial charge is 0.243 e. The summed E-state index contributed by atoms with van der Waals surface area (Å²) < 4.78 is 32.7. The highest BCUT2D eigenvalue weighted by Crippen LogP contribution is 2.31. The largest absolute Gasteiger partial charge is 0.383 e. The zero-order valence-electron chi connectivity index (χ0n) is 16.7. The molecular weight excluding hydrogens is 378 g/mol. The van der Waals surface area contributed by atoms with Gasteiger partial charge in [-0.1, -0.05) is 26.7 Å². The Kier molecular flexibility index (Phi) is 6.95. The van der Waals surface area contributed by atoms with E-state index in [1.165, 1.54) is 4.31 Å². The SMILES string of the molecule is CC(C)CNc1ccc(S(=O)(=O)N2CCOCC2)cc1NC(=O)C1CCCC1. The standard InChI is InChI=1S/C20H31N3O4S/c1-15(2)14-21-18-8-7-17(28(25,26)23-9-11-27-12-10-23)13-19(18)22-20(24)16-5-3-4-6-16/h7-8,13,15-16,21H,3-6,9-12,14H2,1-2H3,(H,22,24). The fourth-order valence-electron chi connectivity index (χ4n) is 3.61. The number of carbonyl (C=O) groups is 1. The van der Waals surface area contributed by atoms with Crippen LogP contribution in [0.25, 0.3) is 0 Å². The van der Waals surface area contributed by atoms with E-state index in [1.54, 1.807) is 18.2 Å². The number of rotatable bonds is 7. The van der Waals surface area contributed by atoms with E-state index in [2.05, 4.69) is 24.5 Å². The van der Waals surface area contributed by atoms with Crippen LogP contribution in [0.15, 0.2) is 23.1 Å². The maximum Gasteiger partial charge on any atom is 0.243 e. The van der Waals surface area contributed by atoms with Crippen molar-refractivity contribution in [1.29, 1.82) is 0 Å². The van der Waals surface area contributed by atoms with Gasteiger partial charge in [-0.2, -0.15) is 4.31 Å². The maximum absolute atomic E-state index is 13.0. The fraction of sp³-hybridized carbons (Fsp3) is 0.650. The second-order valence-corrected chi connectivity index (χ2v) is 9.91. The average Bonchev–Trinajstić information content (AvgIpc) is 3.22. The third-order valence-corrected chi connectivity index (χ3v) is 7.18. The van der Waals surface area contributed by atoms with Crippen molar-refractivity contribution in [2.24, 2.45) is 11.8 Å². The number of carbonyl (C=O) groups excluding carboxylic acids is 1. The quantitative estimate of drug-likeness (QED) is 0.723. The Bertz CT molecular complexity index is 783. The molecule has 3 rings (SSSR count). The van der Waals surface area contributed by atoms with Crippen molar-refractivity contribution in [2.75, 3.05) is 43.5 Å². The predicted octanol–water partition coefficient (Wildman–Crippen LogP) is 2.90. The molecule has 28 heavy (non-hydrogen) atoms. The Morgan fingerprint density at radius 3 is 2.50 bits per heavy atom. The van der Waals surface area contributed by atoms with Crippen LogP contribution in [0.2, 0.25) is 0 Å². The van der Waals surface area contributed by atoms with Crippen molar-refractivity contribution in [2.45, 2.75) is 44.4 Å². The van der Waals surface area contributed by atoms with E-state index in [0.717, 1.165) is 37.9 Å². The van der Waals surface area contributed by atoms with Crippen LogP contribution >= 0.6 is 0 Å². The van der Waals surface area contributed by atoms with E-state index >= 15 is 0 Å². The number of morpholine rings is 1. The topological polar surface area (TPSA) is 87.7 Å². The minimum atomic E-state index is -3.61. The van der Waals surface area contributed by atoms with Crippen LogP contribution in [-0.4, -0.2) is 51.5 Å². The van der Waals surface area contributed by atoms with Crippen molar-refractivity contribution in [3.63, 3.8) is 0 Å². The monoisotopic (exact) mass is 409 g/mol. The van der Waals surface area contributed by atoms with Crippen molar-refractivity contribution in [3.05, 3.63) is 18.2 Å². The van der Waals surface area contributed by atoms with Crippen LogP contribution in [0, 0.1) is 11.8 Å². The normalized spacial score (nSPS) is 19.1. The Morgan fingerprint density at radius 1 is 1.18 bits per heavy atom. The van der Waals surface area contributed by atoms with E-state index < -0.39 is 10.0 Å². The Morgan fingerprint density at radius 2 is 1.86 bits per heavy atom. The summed E-state index contributed by atoms with van der Waals surface area (Å²) in [6.07, 6.45) is 3.93. The Balaban J connectivity index is 1.86. The van der Waals surface area contributed by atoms with Gasteiger partial charge in [0.15, 0.2) is 0 Å². The van der Waals surface area contributed by atoms with Gasteiger partial charge in [0.2, 0.25) is 15.9 Å². The first-order valence-corrected chi connectivity index (χ1v) is 11.6. The van der Waals surface area contributed by atoms with E-state index in [4.69, 9.17) is 4.74 Å². The van der Waals surface area contributed by atoms with Crippen molar-refractivity contribution >= 4 is 27.3 Å². The van der Waals surface area contributed by atoms with Crippen LogP contribution in [0.4, 0.5) is 11.4 Å². The fourth-order valence-corrected chi connectivity index (χ4v) is 5.05. The van der Waals surface area contributed by atoms with Crippen LogP contribution in [0.1, 0.15) is 39.5 Å². The first kappa shape index (κ1) is 21.1. The van der Waals surface area contributed by atoms with Gasteiger partial charge >= 0.3 is 0 Å². The number of benzene rings is 1. The van der Waals surface area contributed by atoms with Gasteiger partial charge in [0, 0.05) is 25.6 Å². The number of anilines is 2. The van der Waals surface area contributed by atoms with Crippen LogP contribution in [0.3, 0.4) is 0 Å². The molecule has 7 nitrogen and oxygen atoms in total. The lowest BCUT2D eigenvalue weighted by molar-refractivity contribution is -0.119. The summed E-state index contributed by atoms with van der Waals surface area (Å²) in [6.45, 7) is 6.43. The number of sulfonamides is 1. The molecule has 1 heterocycles. The molecule has 0 spiro atoms. The maximum atomic E-state index is 13.0. The molecule has 1 amide bonds. The van der Waals surface area contributed by atoms with Gasteiger partial charge in [0.25, 0.3) is 0 Å². The second kappa shape index (κ2) is 9.24. The Hall–Kier alpha value is -1.64. The zero-order chi connectivity index (χ0) is 20.1. The molecule has 1 aromatic rings. The third kappa shape index (κ3) is 5.04. The molecule has 1 saturated heterocycles. The highest BCUT2D eigenvalue weighted by molar-refractivity contribution is 7.89. The zero-order valence-corrected chi connectivity index (χ0v) is 17.6. The van der Waals surface area contributed by atoms with Gasteiger partial charge in [-0.3, -0.25) is 4.79 Å². The van der Waals surface area contributed by atoms with E-state index in [1.807, 2.05) is 0 Å². The molecule has 1 aliphatic carbocycles. The van der Waals surface area contributed by atoms with Crippen molar-refractivity contribution in [3.8, 4) is 0 Å². The lowest BCUT2D eigenvalue weighted by Crippen LogP contribution is -2.40. The van der Waals surface area contributed by atoms with Crippen LogP contribution < -0.4 is 10.6 Å². The first-order valence-electron chi connectivity index (χ1n) is 10.1. The van der Waals surface area contributed by atoms with E-state index in [0.29, 0.717) is 37.9 Å². The van der Waals surface area contributed by atoms with Crippen molar-refractivity contribution < 1.29 is 17.9 Å².